The summed E-state index contributed by atoms with van der Waals surface area (Å²) in [6.07, 6.45) is 4.86. The minimum atomic E-state index is -0.433. The number of halogens is 1. The van der Waals surface area contributed by atoms with E-state index in [1.165, 1.54) is 26.6 Å². The summed E-state index contributed by atoms with van der Waals surface area (Å²) in [5.74, 6) is 2.43. The van der Waals surface area contributed by atoms with Crippen LogP contribution in [0.4, 0.5) is 0 Å². The summed E-state index contributed by atoms with van der Waals surface area (Å²) in [7, 11) is 1.35. The third-order valence-electron chi connectivity index (χ3n) is 7.12. The molecule has 2 heterocycles. The number of rotatable bonds is 11. The molecule has 2 unspecified atom stereocenters. The van der Waals surface area contributed by atoms with Gasteiger partial charge in [-0.2, -0.15) is 0 Å². The Labute approximate surface area is 232 Å². The Bertz CT molecular complexity index is 1210. The molecule has 0 amide bonds. The Kier molecular flexibility index (Phi) is 10.8. The first-order valence-electron chi connectivity index (χ1n) is 13.5. The molecule has 6 nitrogen and oxygen atoms in total. The fourth-order valence-electron chi connectivity index (χ4n) is 5.45. The van der Waals surface area contributed by atoms with Gasteiger partial charge in [0.15, 0.2) is 5.78 Å². The number of unbranched alkanes of at least 4 members (excludes halogenated alkanes) is 1. The smallest absolute Gasteiger partial charge is 0.337 e. The van der Waals surface area contributed by atoms with Crippen molar-refractivity contribution < 1.29 is 23.5 Å². The zero-order chi connectivity index (χ0) is 26.4. The van der Waals surface area contributed by atoms with Crippen molar-refractivity contribution in [2.75, 3.05) is 33.4 Å². The van der Waals surface area contributed by atoms with Gasteiger partial charge in [0.05, 0.1) is 24.8 Å². The predicted molar refractivity (Wildman–Crippen MR) is 153 cm³/mol. The zero-order valence-electron chi connectivity index (χ0n) is 23.0. The van der Waals surface area contributed by atoms with E-state index in [1.54, 1.807) is 18.2 Å². The highest BCUT2D eigenvalue weighted by Crippen LogP contribution is 2.31. The maximum atomic E-state index is 13.6. The standard InChI is InChI=1S/C31H39NO5.ClH/c1-5-6-8-27-29(26-14-11-24(31(34)35-4)18-28(26)37-27)30(33)23-9-12-25(13-10-23)36-16-7-15-32-19-21(2)17-22(3)20-32;/h9-14,18,21-22H,5-8,15-17,19-20H2,1-4H3;1H. The molecule has 0 aliphatic carbocycles. The van der Waals surface area contributed by atoms with Crippen LogP contribution in [-0.4, -0.2) is 50.0 Å². The Hall–Kier alpha value is -2.83. The first kappa shape index (κ1) is 29.7. The van der Waals surface area contributed by atoms with Gasteiger partial charge in [0.25, 0.3) is 0 Å². The molecule has 38 heavy (non-hydrogen) atoms. The van der Waals surface area contributed by atoms with E-state index in [0.717, 1.165) is 43.4 Å². The summed E-state index contributed by atoms with van der Waals surface area (Å²) in [6.45, 7) is 10.8. The van der Waals surface area contributed by atoms with Crippen molar-refractivity contribution in [1.29, 1.82) is 0 Å². The maximum Gasteiger partial charge on any atom is 0.337 e. The van der Waals surface area contributed by atoms with E-state index >= 15 is 0 Å². The number of fused-ring (bicyclic) bond motifs is 1. The monoisotopic (exact) mass is 541 g/mol. The van der Waals surface area contributed by atoms with Crippen molar-refractivity contribution in [2.45, 2.75) is 52.9 Å². The number of aryl methyl sites for hydroxylation is 1. The average Bonchev–Trinajstić information content (AvgIpc) is 3.26. The Morgan fingerprint density at radius 3 is 2.34 bits per heavy atom. The highest BCUT2D eigenvalue weighted by Gasteiger charge is 2.23. The van der Waals surface area contributed by atoms with Gasteiger partial charge >= 0.3 is 5.97 Å². The summed E-state index contributed by atoms with van der Waals surface area (Å²) in [6, 6.07) is 12.5. The molecule has 1 aliphatic heterocycles. The normalized spacial score (nSPS) is 17.7. The molecule has 1 fully saturated rings. The number of esters is 1. The molecule has 0 radical (unpaired) electrons. The lowest BCUT2D eigenvalue weighted by Gasteiger charge is -2.34. The molecule has 1 saturated heterocycles. The molecule has 0 N–H and O–H groups in total. The van der Waals surface area contributed by atoms with Crippen LogP contribution in [0.1, 0.15) is 78.5 Å². The SMILES string of the molecule is CCCCc1oc2cc(C(=O)OC)ccc2c1C(=O)c1ccc(OCCCN2CC(C)CC(C)C2)cc1.Cl. The van der Waals surface area contributed by atoms with Crippen LogP contribution in [-0.2, 0) is 11.2 Å². The summed E-state index contributed by atoms with van der Waals surface area (Å²) in [4.78, 5) is 28.1. The molecular weight excluding hydrogens is 502 g/mol. The molecule has 2 aromatic carbocycles. The van der Waals surface area contributed by atoms with E-state index in [9.17, 15) is 9.59 Å². The molecule has 0 saturated carbocycles. The third-order valence-corrected chi connectivity index (χ3v) is 7.12. The number of methoxy groups -OCH3 is 1. The number of ketones is 1. The molecule has 206 valence electrons. The van der Waals surface area contributed by atoms with Crippen molar-refractivity contribution in [3.05, 3.63) is 64.9 Å². The van der Waals surface area contributed by atoms with E-state index < -0.39 is 5.97 Å². The van der Waals surface area contributed by atoms with E-state index in [1.807, 2.05) is 24.3 Å². The number of nitrogens with zero attached hydrogens (tertiary/aromatic N) is 1. The summed E-state index contributed by atoms with van der Waals surface area (Å²) in [5, 5.41) is 0.713. The van der Waals surface area contributed by atoms with Gasteiger partial charge in [0.1, 0.15) is 17.1 Å². The summed E-state index contributed by atoms with van der Waals surface area (Å²) in [5.41, 5.74) is 2.07. The molecule has 7 heteroatoms. The van der Waals surface area contributed by atoms with Gasteiger partial charge in [-0.1, -0.05) is 27.2 Å². The van der Waals surface area contributed by atoms with Crippen LogP contribution in [0, 0.1) is 11.8 Å². The minimum absolute atomic E-state index is 0. The Balaban J connectivity index is 0.00000400. The Morgan fingerprint density at radius 2 is 1.68 bits per heavy atom. The lowest BCUT2D eigenvalue weighted by atomic mass is 9.92. The number of benzene rings is 2. The largest absolute Gasteiger partial charge is 0.494 e. The number of likely N-dealkylation sites (tertiary alicyclic amines) is 1. The van der Waals surface area contributed by atoms with Crippen LogP contribution in [0.15, 0.2) is 46.9 Å². The first-order chi connectivity index (χ1) is 17.9. The molecule has 0 spiro atoms. The van der Waals surface area contributed by atoms with Gasteiger partial charge in [0, 0.05) is 37.0 Å². The van der Waals surface area contributed by atoms with Crippen LogP contribution in [0.3, 0.4) is 0 Å². The molecule has 4 rings (SSSR count). The molecule has 2 atom stereocenters. The van der Waals surface area contributed by atoms with Crippen molar-refractivity contribution in [3.63, 3.8) is 0 Å². The average molecular weight is 542 g/mol. The molecule has 1 aromatic heterocycles. The van der Waals surface area contributed by atoms with Crippen LogP contribution in [0.25, 0.3) is 11.0 Å². The number of carbonyl (C=O) groups is 2. The highest BCUT2D eigenvalue weighted by molar-refractivity contribution is 6.17. The van der Waals surface area contributed by atoms with E-state index in [2.05, 4.69) is 25.7 Å². The quantitative estimate of drug-likeness (QED) is 0.148. The van der Waals surface area contributed by atoms with Gasteiger partial charge in [-0.3, -0.25) is 4.79 Å². The second-order valence-corrected chi connectivity index (χ2v) is 10.5. The maximum absolute atomic E-state index is 13.6. The molecular formula is C31H40ClNO5. The van der Waals surface area contributed by atoms with Gasteiger partial charge in [-0.05, 0) is 73.6 Å². The molecule has 0 bridgehead atoms. The second-order valence-electron chi connectivity index (χ2n) is 10.5. The van der Waals surface area contributed by atoms with Gasteiger partial charge in [-0.15, -0.1) is 12.4 Å². The molecule has 3 aromatic rings. The lowest BCUT2D eigenvalue weighted by molar-refractivity contribution is 0.0600. The van der Waals surface area contributed by atoms with Gasteiger partial charge < -0.3 is 18.8 Å². The fourth-order valence-corrected chi connectivity index (χ4v) is 5.45. The second kappa shape index (κ2) is 13.8. The third kappa shape index (κ3) is 7.17. The predicted octanol–water partition coefficient (Wildman–Crippen LogP) is 6.96. The van der Waals surface area contributed by atoms with Crippen LogP contribution < -0.4 is 4.74 Å². The topological polar surface area (TPSA) is 69.0 Å². The van der Waals surface area contributed by atoms with Crippen LogP contribution >= 0.6 is 12.4 Å². The van der Waals surface area contributed by atoms with E-state index in [-0.39, 0.29) is 18.2 Å². The Morgan fingerprint density at radius 1 is 1.00 bits per heavy atom. The number of hydrogen-bond donors (Lipinski definition) is 0. The van der Waals surface area contributed by atoms with Gasteiger partial charge in [-0.25, -0.2) is 4.79 Å². The first-order valence-corrected chi connectivity index (χ1v) is 13.5. The number of piperidine rings is 1. The van der Waals surface area contributed by atoms with Gasteiger partial charge in [0.2, 0.25) is 0 Å². The fraction of sp³-hybridized carbons (Fsp3) is 0.484. The lowest BCUT2D eigenvalue weighted by Crippen LogP contribution is -2.39. The summed E-state index contributed by atoms with van der Waals surface area (Å²) < 4.78 is 16.9. The van der Waals surface area contributed by atoms with Crippen molar-refractivity contribution in [1.82, 2.24) is 4.90 Å². The van der Waals surface area contributed by atoms with Crippen molar-refractivity contribution in [2.24, 2.45) is 11.8 Å². The van der Waals surface area contributed by atoms with Crippen molar-refractivity contribution in [3.8, 4) is 5.75 Å². The number of ether oxygens (including phenoxy) is 2. The summed E-state index contributed by atoms with van der Waals surface area (Å²) >= 11 is 0. The number of furan rings is 1. The highest BCUT2D eigenvalue weighted by atomic mass is 35.5. The van der Waals surface area contributed by atoms with E-state index in [0.29, 0.717) is 46.4 Å². The van der Waals surface area contributed by atoms with Crippen LogP contribution in [0.2, 0.25) is 0 Å². The van der Waals surface area contributed by atoms with Crippen LogP contribution in [0.5, 0.6) is 5.75 Å². The zero-order valence-corrected chi connectivity index (χ0v) is 23.8. The number of hydrogen-bond acceptors (Lipinski definition) is 6. The van der Waals surface area contributed by atoms with E-state index in [4.69, 9.17) is 13.9 Å². The molecule has 1 aliphatic rings. The van der Waals surface area contributed by atoms with Crippen molar-refractivity contribution >= 4 is 35.1 Å². The minimum Gasteiger partial charge on any atom is -0.494 e. The number of carbonyl (C=O) groups excluding carboxylic acids is 2.